The van der Waals surface area contributed by atoms with Crippen LogP contribution in [-0.2, 0) is 4.74 Å². The monoisotopic (exact) mass is 274 g/mol. The topological polar surface area (TPSA) is 9.23 Å². The molecule has 0 amide bonds. The second kappa shape index (κ2) is 4.37. The fourth-order valence-electron chi connectivity index (χ4n) is 3.11. The molecule has 0 aromatic heterocycles. The lowest BCUT2D eigenvalue weighted by molar-refractivity contribution is -0.0902. The highest BCUT2D eigenvalue weighted by atomic mass is 79.9. The summed E-state index contributed by atoms with van der Waals surface area (Å²) in [6.07, 6.45) is 9.21. The summed E-state index contributed by atoms with van der Waals surface area (Å²) in [4.78, 5) is 0. The van der Waals surface area contributed by atoms with Crippen LogP contribution in [0.25, 0.3) is 0 Å². The molecule has 2 rings (SSSR count). The normalized spacial score (nSPS) is 47.0. The van der Waals surface area contributed by atoms with E-state index in [-0.39, 0.29) is 11.2 Å². The van der Waals surface area contributed by atoms with E-state index < -0.39 is 0 Å². The predicted molar refractivity (Wildman–Crippen MR) is 67.5 cm³/mol. The van der Waals surface area contributed by atoms with Gasteiger partial charge in [-0.05, 0) is 44.9 Å². The van der Waals surface area contributed by atoms with E-state index in [4.69, 9.17) is 4.74 Å². The molecule has 0 N–H and O–H groups in total. The van der Waals surface area contributed by atoms with E-state index in [1.165, 1.54) is 44.9 Å². The highest BCUT2D eigenvalue weighted by molar-refractivity contribution is 9.09. The summed E-state index contributed by atoms with van der Waals surface area (Å²) in [6.45, 7) is 4.64. The third kappa shape index (κ3) is 2.58. The maximum absolute atomic E-state index is 6.41. The van der Waals surface area contributed by atoms with Gasteiger partial charge in [-0.15, -0.1) is 0 Å². The van der Waals surface area contributed by atoms with Crippen molar-refractivity contribution in [2.24, 2.45) is 5.92 Å². The van der Waals surface area contributed by atoms with E-state index in [2.05, 4.69) is 29.8 Å². The standard InChI is InChI=1S/C13H23BrO/c1-11-4-3-6-13(7-5-11)9-8-12(2,10-14)15-13/h11H,3-10H2,1-2H3. The van der Waals surface area contributed by atoms with E-state index in [0.717, 1.165) is 11.2 Å². The number of hydrogen-bond acceptors (Lipinski definition) is 1. The summed E-state index contributed by atoms with van der Waals surface area (Å²) in [5.41, 5.74) is 0.348. The summed E-state index contributed by atoms with van der Waals surface area (Å²) in [5.74, 6) is 0.906. The molecule has 1 saturated carbocycles. The van der Waals surface area contributed by atoms with Crippen molar-refractivity contribution in [3.05, 3.63) is 0 Å². The molecule has 2 heteroatoms. The molecule has 2 fully saturated rings. The first-order valence-electron chi connectivity index (χ1n) is 6.34. The van der Waals surface area contributed by atoms with Crippen LogP contribution in [0.4, 0.5) is 0 Å². The molecule has 1 heterocycles. The predicted octanol–water partition coefficient (Wildman–Crippen LogP) is 4.29. The van der Waals surface area contributed by atoms with Crippen LogP contribution >= 0.6 is 15.9 Å². The molecule has 15 heavy (non-hydrogen) atoms. The number of halogens is 1. The Labute approximate surface area is 102 Å². The largest absolute Gasteiger partial charge is 0.368 e. The molecule has 2 aliphatic rings. The minimum absolute atomic E-state index is 0.105. The Bertz CT molecular complexity index is 227. The van der Waals surface area contributed by atoms with Gasteiger partial charge in [0.05, 0.1) is 11.2 Å². The molecule has 88 valence electrons. The summed E-state index contributed by atoms with van der Waals surface area (Å²) in [5, 5.41) is 0.983. The van der Waals surface area contributed by atoms with Crippen molar-refractivity contribution in [2.75, 3.05) is 5.33 Å². The average Bonchev–Trinajstić information content (AvgIpc) is 2.44. The average molecular weight is 275 g/mol. The van der Waals surface area contributed by atoms with Crippen molar-refractivity contribution in [2.45, 2.75) is 70.0 Å². The number of alkyl halides is 1. The molecule has 0 aromatic carbocycles. The molecule has 0 aromatic rings. The van der Waals surface area contributed by atoms with E-state index >= 15 is 0 Å². The molecule has 1 nitrogen and oxygen atoms in total. The van der Waals surface area contributed by atoms with Gasteiger partial charge >= 0.3 is 0 Å². The Morgan fingerprint density at radius 3 is 2.67 bits per heavy atom. The van der Waals surface area contributed by atoms with Crippen molar-refractivity contribution < 1.29 is 4.74 Å². The van der Waals surface area contributed by atoms with Crippen LogP contribution in [0, 0.1) is 5.92 Å². The summed E-state index contributed by atoms with van der Waals surface area (Å²) in [7, 11) is 0. The fraction of sp³-hybridized carbons (Fsp3) is 1.00. The zero-order valence-electron chi connectivity index (χ0n) is 10.0. The van der Waals surface area contributed by atoms with Gasteiger partial charge < -0.3 is 4.74 Å². The smallest absolute Gasteiger partial charge is 0.0759 e. The molecule has 1 spiro atoms. The van der Waals surface area contributed by atoms with Gasteiger partial charge in [0.2, 0.25) is 0 Å². The van der Waals surface area contributed by atoms with Gasteiger partial charge in [0, 0.05) is 5.33 Å². The second-order valence-corrected chi connectivity index (χ2v) is 6.47. The Morgan fingerprint density at radius 2 is 2.00 bits per heavy atom. The van der Waals surface area contributed by atoms with Gasteiger partial charge in [-0.3, -0.25) is 0 Å². The van der Waals surface area contributed by atoms with Crippen LogP contribution in [-0.4, -0.2) is 16.5 Å². The second-order valence-electron chi connectivity index (χ2n) is 5.90. The Balaban J connectivity index is 2.02. The van der Waals surface area contributed by atoms with Crippen molar-refractivity contribution in [3.8, 4) is 0 Å². The number of hydrogen-bond donors (Lipinski definition) is 0. The van der Waals surface area contributed by atoms with E-state index in [0.29, 0.717) is 0 Å². The minimum Gasteiger partial charge on any atom is -0.368 e. The maximum Gasteiger partial charge on any atom is 0.0759 e. The summed E-state index contributed by atoms with van der Waals surface area (Å²) < 4.78 is 6.41. The van der Waals surface area contributed by atoms with Crippen LogP contribution < -0.4 is 0 Å². The SMILES string of the molecule is CC1CCCC2(CC1)CCC(C)(CBr)O2. The quantitative estimate of drug-likeness (QED) is 0.649. The summed E-state index contributed by atoms with van der Waals surface area (Å²) in [6, 6.07) is 0. The first-order valence-corrected chi connectivity index (χ1v) is 7.46. The van der Waals surface area contributed by atoms with Gasteiger partial charge in [0.15, 0.2) is 0 Å². The molecule has 1 aliphatic carbocycles. The third-order valence-electron chi connectivity index (χ3n) is 4.28. The molecular formula is C13H23BrO. The third-order valence-corrected chi connectivity index (χ3v) is 5.46. The lowest BCUT2D eigenvalue weighted by Gasteiger charge is -2.31. The van der Waals surface area contributed by atoms with Crippen molar-refractivity contribution in [1.29, 1.82) is 0 Å². The molecular weight excluding hydrogens is 252 g/mol. The zero-order valence-corrected chi connectivity index (χ0v) is 11.6. The van der Waals surface area contributed by atoms with Gasteiger partial charge in [0.25, 0.3) is 0 Å². The Morgan fingerprint density at radius 1 is 1.20 bits per heavy atom. The van der Waals surface area contributed by atoms with Gasteiger partial charge in [-0.25, -0.2) is 0 Å². The van der Waals surface area contributed by atoms with Crippen LogP contribution in [0.15, 0.2) is 0 Å². The van der Waals surface area contributed by atoms with Gasteiger partial charge in [0.1, 0.15) is 0 Å². The number of rotatable bonds is 1. The van der Waals surface area contributed by atoms with Gasteiger partial charge in [-0.2, -0.15) is 0 Å². The van der Waals surface area contributed by atoms with E-state index in [1.807, 2.05) is 0 Å². The zero-order chi connectivity index (χ0) is 10.9. The Hall–Kier alpha value is 0.440. The highest BCUT2D eigenvalue weighted by Gasteiger charge is 2.46. The maximum atomic E-state index is 6.41. The molecule has 0 bridgehead atoms. The first kappa shape index (κ1) is 11.9. The number of ether oxygens (including phenoxy) is 1. The highest BCUT2D eigenvalue weighted by Crippen LogP contribution is 2.46. The van der Waals surface area contributed by atoms with Crippen LogP contribution in [0.5, 0.6) is 0 Å². The Kier molecular flexibility index (Phi) is 3.47. The lowest BCUT2D eigenvalue weighted by atomic mass is 9.90. The van der Waals surface area contributed by atoms with Crippen LogP contribution in [0.1, 0.15) is 58.8 Å². The minimum atomic E-state index is 0.105. The van der Waals surface area contributed by atoms with Crippen LogP contribution in [0.2, 0.25) is 0 Å². The van der Waals surface area contributed by atoms with Crippen molar-refractivity contribution in [3.63, 3.8) is 0 Å². The molecule has 3 unspecified atom stereocenters. The molecule has 1 saturated heterocycles. The van der Waals surface area contributed by atoms with E-state index in [9.17, 15) is 0 Å². The molecule has 1 aliphatic heterocycles. The first-order chi connectivity index (χ1) is 7.08. The summed E-state index contributed by atoms with van der Waals surface area (Å²) >= 11 is 3.59. The lowest BCUT2D eigenvalue weighted by Crippen LogP contribution is -2.34. The van der Waals surface area contributed by atoms with Crippen molar-refractivity contribution in [1.82, 2.24) is 0 Å². The molecule has 3 atom stereocenters. The molecule has 0 radical (unpaired) electrons. The van der Waals surface area contributed by atoms with Crippen molar-refractivity contribution >= 4 is 15.9 Å². The van der Waals surface area contributed by atoms with Crippen LogP contribution in [0.3, 0.4) is 0 Å². The van der Waals surface area contributed by atoms with E-state index in [1.54, 1.807) is 0 Å². The van der Waals surface area contributed by atoms with Gasteiger partial charge in [-0.1, -0.05) is 35.7 Å². The fourth-order valence-corrected chi connectivity index (χ4v) is 3.51.